The lowest BCUT2D eigenvalue weighted by atomic mass is 10.1. The van der Waals surface area contributed by atoms with E-state index in [2.05, 4.69) is 22.1 Å². The number of carbonyl (C=O) groups excluding carboxylic acids is 1. The number of amides is 1. The van der Waals surface area contributed by atoms with Crippen LogP contribution in [-0.4, -0.2) is 17.4 Å². The van der Waals surface area contributed by atoms with Crippen molar-refractivity contribution in [2.24, 2.45) is 5.92 Å². The Morgan fingerprint density at radius 2 is 1.95 bits per heavy atom. The molecule has 1 aliphatic heterocycles. The Bertz CT molecular complexity index is 622. The van der Waals surface area contributed by atoms with E-state index in [1.165, 1.54) is 18.4 Å². The maximum Gasteiger partial charge on any atom is 0.245 e. The minimum atomic E-state index is -0.213. The summed E-state index contributed by atoms with van der Waals surface area (Å²) in [6, 6.07) is 11.9. The quantitative estimate of drug-likeness (QED) is 0.939. The highest BCUT2D eigenvalue weighted by Crippen LogP contribution is 2.38. The standard InChI is InChI=1S/C17H18N2OS/c20-17-15(13-4-2-1-3-5-13)18-16(14-8-9-21-11-14)19(17)10-12-6-7-12/h1-5,8-9,11-12,15-16,18H,6-7,10H2. The average molecular weight is 298 g/mol. The van der Waals surface area contributed by atoms with Crippen LogP contribution >= 0.6 is 11.3 Å². The fourth-order valence-corrected chi connectivity index (χ4v) is 3.66. The molecule has 1 aromatic heterocycles. The van der Waals surface area contributed by atoms with E-state index in [-0.39, 0.29) is 18.1 Å². The molecule has 4 heteroatoms. The van der Waals surface area contributed by atoms with Gasteiger partial charge >= 0.3 is 0 Å². The SMILES string of the molecule is O=C1C(c2ccccc2)NC(c2ccsc2)N1CC1CC1. The van der Waals surface area contributed by atoms with Crippen molar-refractivity contribution in [3.05, 3.63) is 58.3 Å². The van der Waals surface area contributed by atoms with Gasteiger partial charge < -0.3 is 4.90 Å². The first-order chi connectivity index (χ1) is 10.3. The molecule has 0 radical (unpaired) electrons. The molecular formula is C17H18N2OS. The van der Waals surface area contributed by atoms with Gasteiger partial charge in [0.2, 0.25) is 5.91 Å². The van der Waals surface area contributed by atoms with Crippen LogP contribution in [0.1, 0.15) is 36.2 Å². The van der Waals surface area contributed by atoms with Gasteiger partial charge in [0, 0.05) is 6.54 Å². The van der Waals surface area contributed by atoms with Crippen molar-refractivity contribution in [2.75, 3.05) is 6.54 Å². The zero-order chi connectivity index (χ0) is 14.2. The number of thiophene rings is 1. The average Bonchev–Trinajstić information content (AvgIpc) is 3.05. The van der Waals surface area contributed by atoms with Gasteiger partial charge in [0.25, 0.3) is 0 Å². The molecule has 4 rings (SSSR count). The minimum absolute atomic E-state index is 0.0227. The van der Waals surface area contributed by atoms with Crippen LogP contribution in [0.4, 0.5) is 0 Å². The molecule has 108 valence electrons. The monoisotopic (exact) mass is 298 g/mol. The van der Waals surface area contributed by atoms with E-state index in [4.69, 9.17) is 0 Å². The van der Waals surface area contributed by atoms with Crippen LogP contribution in [0, 0.1) is 5.92 Å². The van der Waals surface area contributed by atoms with Crippen LogP contribution in [0.5, 0.6) is 0 Å². The highest BCUT2D eigenvalue weighted by atomic mass is 32.1. The zero-order valence-corrected chi connectivity index (χ0v) is 12.6. The second kappa shape index (κ2) is 5.28. The van der Waals surface area contributed by atoms with Crippen molar-refractivity contribution in [1.29, 1.82) is 0 Å². The number of hydrogen-bond acceptors (Lipinski definition) is 3. The molecule has 1 aliphatic carbocycles. The highest BCUT2D eigenvalue weighted by molar-refractivity contribution is 7.07. The predicted octanol–water partition coefficient (Wildman–Crippen LogP) is 3.33. The van der Waals surface area contributed by atoms with E-state index >= 15 is 0 Å². The summed E-state index contributed by atoms with van der Waals surface area (Å²) in [5.74, 6) is 0.913. The number of nitrogens with zero attached hydrogens (tertiary/aromatic N) is 1. The maximum absolute atomic E-state index is 12.8. The second-order valence-electron chi connectivity index (χ2n) is 5.90. The molecule has 1 aromatic carbocycles. The van der Waals surface area contributed by atoms with Gasteiger partial charge in [-0.05, 0) is 46.7 Å². The van der Waals surface area contributed by atoms with Gasteiger partial charge in [0.05, 0.1) is 0 Å². The molecule has 1 saturated carbocycles. The normalized spacial score (nSPS) is 25.5. The first-order valence-corrected chi connectivity index (χ1v) is 8.41. The summed E-state index contributed by atoms with van der Waals surface area (Å²) in [5, 5.41) is 7.74. The van der Waals surface area contributed by atoms with E-state index < -0.39 is 0 Å². The number of rotatable bonds is 4. The third-order valence-corrected chi connectivity index (χ3v) is 5.01. The van der Waals surface area contributed by atoms with Crippen LogP contribution in [0.3, 0.4) is 0 Å². The van der Waals surface area contributed by atoms with E-state index in [1.54, 1.807) is 11.3 Å². The Kier molecular flexibility index (Phi) is 3.28. The summed E-state index contributed by atoms with van der Waals surface area (Å²) in [5.41, 5.74) is 2.26. The van der Waals surface area contributed by atoms with Crippen molar-refractivity contribution in [3.63, 3.8) is 0 Å². The largest absolute Gasteiger partial charge is 0.321 e. The second-order valence-corrected chi connectivity index (χ2v) is 6.68. The molecule has 2 aliphatic rings. The van der Waals surface area contributed by atoms with Crippen LogP contribution in [0.25, 0.3) is 0 Å². The van der Waals surface area contributed by atoms with Crippen molar-refractivity contribution < 1.29 is 4.79 Å². The highest BCUT2D eigenvalue weighted by Gasteiger charge is 2.42. The molecule has 21 heavy (non-hydrogen) atoms. The fraction of sp³-hybridized carbons (Fsp3) is 0.353. The van der Waals surface area contributed by atoms with Crippen molar-refractivity contribution in [2.45, 2.75) is 25.0 Å². The number of benzene rings is 1. The summed E-state index contributed by atoms with van der Waals surface area (Å²) in [6.07, 6.45) is 2.54. The lowest BCUT2D eigenvalue weighted by Crippen LogP contribution is -2.31. The molecule has 3 nitrogen and oxygen atoms in total. The summed E-state index contributed by atoms with van der Waals surface area (Å²) >= 11 is 1.68. The van der Waals surface area contributed by atoms with Gasteiger partial charge in [-0.25, -0.2) is 0 Å². The number of nitrogens with one attached hydrogen (secondary N) is 1. The van der Waals surface area contributed by atoms with Gasteiger partial charge in [0.1, 0.15) is 12.2 Å². The third-order valence-electron chi connectivity index (χ3n) is 4.31. The molecular weight excluding hydrogens is 280 g/mol. The van der Waals surface area contributed by atoms with Crippen molar-refractivity contribution in [3.8, 4) is 0 Å². The van der Waals surface area contributed by atoms with E-state index in [9.17, 15) is 4.79 Å². The van der Waals surface area contributed by atoms with E-state index in [1.807, 2.05) is 35.2 Å². The van der Waals surface area contributed by atoms with Crippen LogP contribution in [0.2, 0.25) is 0 Å². The van der Waals surface area contributed by atoms with Crippen molar-refractivity contribution in [1.82, 2.24) is 10.2 Å². The molecule has 2 atom stereocenters. The lowest BCUT2D eigenvalue weighted by Gasteiger charge is -2.23. The Labute approximate surface area is 128 Å². The van der Waals surface area contributed by atoms with Gasteiger partial charge in [-0.2, -0.15) is 11.3 Å². The molecule has 0 spiro atoms. The van der Waals surface area contributed by atoms with Crippen LogP contribution in [-0.2, 0) is 4.79 Å². The lowest BCUT2D eigenvalue weighted by molar-refractivity contribution is -0.130. The molecule has 2 heterocycles. The number of carbonyl (C=O) groups is 1. The fourth-order valence-electron chi connectivity index (χ4n) is 2.98. The predicted molar refractivity (Wildman–Crippen MR) is 83.8 cm³/mol. The van der Waals surface area contributed by atoms with Gasteiger partial charge in [-0.3, -0.25) is 10.1 Å². The first kappa shape index (κ1) is 13.0. The maximum atomic E-state index is 12.8. The van der Waals surface area contributed by atoms with Gasteiger partial charge in [-0.15, -0.1) is 0 Å². The molecule has 0 bridgehead atoms. The topological polar surface area (TPSA) is 32.3 Å². The summed E-state index contributed by atoms with van der Waals surface area (Å²) in [6.45, 7) is 0.885. The molecule has 2 unspecified atom stereocenters. The van der Waals surface area contributed by atoms with E-state index in [0.717, 1.165) is 12.1 Å². The Morgan fingerprint density at radius 1 is 1.14 bits per heavy atom. The minimum Gasteiger partial charge on any atom is -0.321 e. The first-order valence-electron chi connectivity index (χ1n) is 7.46. The zero-order valence-electron chi connectivity index (χ0n) is 11.7. The van der Waals surface area contributed by atoms with Gasteiger partial charge in [0.15, 0.2) is 0 Å². The Morgan fingerprint density at radius 3 is 2.62 bits per heavy atom. The summed E-state index contributed by atoms with van der Waals surface area (Å²) < 4.78 is 0. The molecule has 1 saturated heterocycles. The molecule has 1 N–H and O–H groups in total. The Balaban J connectivity index is 1.64. The van der Waals surface area contributed by atoms with Crippen LogP contribution in [0.15, 0.2) is 47.2 Å². The third kappa shape index (κ3) is 2.49. The molecule has 2 aromatic rings. The summed E-state index contributed by atoms with van der Waals surface area (Å²) in [4.78, 5) is 14.9. The summed E-state index contributed by atoms with van der Waals surface area (Å²) in [7, 11) is 0. The molecule has 2 fully saturated rings. The number of hydrogen-bond donors (Lipinski definition) is 1. The van der Waals surface area contributed by atoms with E-state index in [0.29, 0.717) is 5.92 Å². The van der Waals surface area contributed by atoms with Gasteiger partial charge in [-0.1, -0.05) is 30.3 Å². The Hall–Kier alpha value is -1.65. The smallest absolute Gasteiger partial charge is 0.245 e. The van der Waals surface area contributed by atoms with Crippen molar-refractivity contribution >= 4 is 17.2 Å². The van der Waals surface area contributed by atoms with Crippen LogP contribution < -0.4 is 5.32 Å². The molecule has 1 amide bonds.